The van der Waals surface area contributed by atoms with E-state index >= 15 is 0 Å². The fourth-order valence-corrected chi connectivity index (χ4v) is 2.37. The van der Waals surface area contributed by atoms with Crippen LogP contribution < -0.4 is 9.64 Å². The van der Waals surface area contributed by atoms with E-state index in [2.05, 4.69) is 4.90 Å². The molecule has 2 heterocycles. The van der Waals surface area contributed by atoms with Crippen molar-refractivity contribution in [1.82, 2.24) is 0 Å². The molecule has 0 aliphatic carbocycles. The van der Waals surface area contributed by atoms with E-state index in [1.807, 2.05) is 31.2 Å². The van der Waals surface area contributed by atoms with Crippen molar-refractivity contribution in [3.05, 3.63) is 24.3 Å². The molecule has 23 heavy (non-hydrogen) atoms. The molecule has 128 valence electrons. The summed E-state index contributed by atoms with van der Waals surface area (Å²) in [6.07, 6.45) is 0.0851. The van der Waals surface area contributed by atoms with Crippen molar-refractivity contribution < 1.29 is 24.1 Å². The van der Waals surface area contributed by atoms with E-state index in [4.69, 9.17) is 18.9 Å². The summed E-state index contributed by atoms with van der Waals surface area (Å²) in [5, 5.41) is 9.71. The van der Waals surface area contributed by atoms with Crippen LogP contribution in [0.5, 0.6) is 5.75 Å². The van der Waals surface area contributed by atoms with E-state index in [-0.39, 0.29) is 6.61 Å². The second kappa shape index (κ2) is 7.97. The minimum atomic E-state index is -0.606. The Kier molecular flexibility index (Phi) is 5.72. The Morgan fingerprint density at radius 1 is 1.13 bits per heavy atom. The van der Waals surface area contributed by atoms with Crippen LogP contribution in [0.15, 0.2) is 24.3 Å². The Balaban J connectivity index is 1.50. The highest BCUT2D eigenvalue weighted by atomic mass is 16.6. The van der Waals surface area contributed by atoms with E-state index in [0.717, 1.165) is 37.7 Å². The fourth-order valence-electron chi connectivity index (χ4n) is 2.37. The van der Waals surface area contributed by atoms with Crippen LogP contribution in [0.3, 0.4) is 0 Å². The van der Waals surface area contributed by atoms with Gasteiger partial charge in [0.15, 0.2) is 0 Å². The zero-order valence-electron chi connectivity index (χ0n) is 13.5. The summed E-state index contributed by atoms with van der Waals surface area (Å²) in [6, 6.07) is 7.93. The van der Waals surface area contributed by atoms with Gasteiger partial charge in [0.05, 0.1) is 32.0 Å². The lowest BCUT2D eigenvalue weighted by Crippen LogP contribution is -2.31. The molecular weight excluding hydrogens is 298 g/mol. The number of aliphatic hydroxyl groups excluding tert-OH is 1. The minimum absolute atomic E-state index is 0.231. The van der Waals surface area contributed by atoms with Gasteiger partial charge in [0, 0.05) is 25.4 Å². The molecule has 3 rings (SSSR count). The van der Waals surface area contributed by atoms with Crippen LogP contribution in [0, 0.1) is 0 Å². The minimum Gasteiger partial charge on any atom is -0.491 e. The predicted octanol–water partition coefficient (Wildman–Crippen LogP) is 1.07. The zero-order chi connectivity index (χ0) is 16.1. The smallest absolute Gasteiger partial charge is 0.119 e. The zero-order valence-corrected chi connectivity index (χ0v) is 13.5. The Morgan fingerprint density at radius 2 is 1.74 bits per heavy atom. The third-order valence-corrected chi connectivity index (χ3v) is 3.81. The highest BCUT2D eigenvalue weighted by Crippen LogP contribution is 2.24. The number of aliphatic hydroxyl groups is 1. The number of benzene rings is 1. The van der Waals surface area contributed by atoms with Crippen LogP contribution in [0.2, 0.25) is 0 Å². The number of epoxide rings is 2. The number of nitrogens with zero attached hydrogens (tertiary/aromatic N) is 1. The van der Waals surface area contributed by atoms with E-state index in [9.17, 15) is 5.11 Å². The summed E-state index contributed by atoms with van der Waals surface area (Å²) >= 11 is 0. The summed E-state index contributed by atoms with van der Waals surface area (Å²) in [5.41, 5.74) is 1.14. The molecule has 1 aromatic carbocycles. The molecule has 6 nitrogen and oxygen atoms in total. The third-order valence-electron chi connectivity index (χ3n) is 3.81. The van der Waals surface area contributed by atoms with Crippen molar-refractivity contribution in [2.45, 2.75) is 25.2 Å². The Bertz CT molecular complexity index is 458. The van der Waals surface area contributed by atoms with Crippen molar-refractivity contribution in [2.75, 3.05) is 51.0 Å². The summed E-state index contributed by atoms with van der Waals surface area (Å²) < 4.78 is 21.4. The van der Waals surface area contributed by atoms with Crippen molar-refractivity contribution >= 4 is 5.69 Å². The van der Waals surface area contributed by atoms with Gasteiger partial charge in [0.2, 0.25) is 0 Å². The van der Waals surface area contributed by atoms with Gasteiger partial charge in [-0.1, -0.05) is 0 Å². The molecule has 2 fully saturated rings. The summed E-state index contributed by atoms with van der Waals surface area (Å²) in [4.78, 5) is 2.29. The molecular formula is C17H25NO5. The Morgan fingerprint density at radius 3 is 2.26 bits per heavy atom. The van der Waals surface area contributed by atoms with Crippen LogP contribution in [0.1, 0.15) is 6.92 Å². The number of hydrogen-bond acceptors (Lipinski definition) is 6. The molecule has 2 saturated heterocycles. The second-order valence-electron chi connectivity index (χ2n) is 5.93. The van der Waals surface area contributed by atoms with Crippen molar-refractivity contribution in [3.8, 4) is 5.75 Å². The van der Waals surface area contributed by atoms with Gasteiger partial charge in [-0.15, -0.1) is 0 Å². The Hall–Kier alpha value is -1.34. The standard InChI is InChI=1S/C17H25NO5/c1-2-20-9-14(19)10-21-15-5-3-13(4-6-15)18(7-16-11-22-16)8-17-12-23-17/h3-6,14,16-17,19H,2,7-12H2,1H3. The van der Waals surface area contributed by atoms with Gasteiger partial charge in [-0.05, 0) is 31.2 Å². The maximum absolute atomic E-state index is 9.71. The molecule has 3 unspecified atom stereocenters. The first-order valence-electron chi connectivity index (χ1n) is 8.21. The van der Waals surface area contributed by atoms with Gasteiger partial charge in [-0.25, -0.2) is 0 Å². The lowest BCUT2D eigenvalue weighted by atomic mass is 10.2. The van der Waals surface area contributed by atoms with Gasteiger partial charge < -0.3 is 29.0 Å². The lowest BCUT2D eigenvalue weighted by molar-refractivity contribution is 0.0164. The largest absolute Gasteiger partial charge is 0.491 e. The first kappa shape index (κ1) is 16.5. The highest BCUT2D eigenvalue weighted by molar-refractivity contribution is 5.49. The first-order chi connectivity index (χ1) is 11.2. The van der Waals surface area contributed by atoms with Gasteiger partial charge in [0.1, 0.15) is 18.5 Å². The fraction of sp³-hybridized carbons (Fsp3) is 0.647. The third kappa shape index (κ3) is 5.66. The molecule has 0 bridgehead atoms. The van der Waals surface area contributed by atoms with Crippen molar-refractivity contribution in [2.24, 2.45) is 0 Å². The molecule has 0 spiro atoms. The predicted molar refractivity (Wildman–Crippen MR) is 86.1 cm³/mol. The van der Waals surface area contributed by atoms with Crippen LogP contribution in [0.4, 0.5) is 5.69 Å². The second-order valence-corrected chi connectivity index (χ2v) is 5.93. The molecule has 1 aromatic rings. The summed E-state index contributed by atoms with van der Waals surface area (Å²) in [7, 11) is 0. The Labute approximate surface area is 136 Å². The topological polar surface area (TPSA) is 67.0 Å². The molecule has 0 saturated carbocycles. The SMILES string of the molecule is CCOCC(O)COc1ccc(N(CC2CO2)CC2CO2)cc1. The molecule has 1 N–H and O–H groups in total. The summed E-state index contributed by atoms with van der Waals surface area (Å²) in [6.45, 7) is 6.51. The maximum Gasteiger partial charge on any atom is 0.119 e. The normalized spacial score (nSPS) is 23.4. The number of ether oxygens (including phenoxy) is 4. The van der Waals surface area contributed by atoms with Crippen LogP contribution in [0.25, 0.3) is 0 Å². The quantitative estimate of drug-likeness (QED) is 0.615. The van der Waals surface area contributed by atoms with E-state index < -0.39 is 6.10 Å². The number of rotatable bonds is 11. The molecule has 6 heteroatoms. The molecule has 0 aromatic heterocycles. The van der Waals surface area contributed by atoms with Crippen molar-refractivity contribution in [3.63, 3.8) is 0 Å². The van der Waals surface area contributed by atoms with Crippen molar-refractivity contribution in [1.29, 1.82) is 0 Å². The van der Waals surface area contributed by atoms with Crippen LogP contribution in [-0.2, 0) is 14.2 Å². The molecule has 0 amide bonds. The molecule has 3 atom stereocenters. The monoisotopic (exact) mass is 323 g/mol. The average molecular weight is 323 g/mol. The molecule has 2 aliphatic rings. The van der Waals surface area contributed by atoms with Gasteiger partial charge in [-0.3, -0.25) is 0 Å². The van der Waals surface area contributed by atoms with Crippen LogP contribution in [-0.4, -0.2) is 69.5 Å². The van der Waals surface area contributed by atoms with E-state index in [0.29, 0.717) is 25.4 Å². The van der Waals surface area contributed by atoms with Crippen LogP contribution >= 0.6 is 0 Å². The summed E-state index contributed by atoms with van der Waals surface area (Å²) in [5.74, 6) is 0.745. The van der Waals surface area contributed by atoms with E-state index in [1.54, 1.807) is 0 Å². The van der Waals surface area contributed by atoms with Gasteiger partial charge in [-0.2, -0.15) is 0 Å². The number of hydrogen-bond donors (Lipinski definition) is 1. The van der Waals surface area contributed by atoms with Gasteiger partial charge in [0.25, 0.3) is 0 Å². The van der Waals surface area contributed by atoms with Gasteiger partial charge >= 0.3 is 0 Å². The highest BCUT2D eigenvalue weighted by Gasteiger charge is 2.30. The first-order valence-corrected chi connectivity index (χ1v) is 8.21. The molecule has 0 radical (unpaired) electrons. The molecule has 2 aliphatic heterocycles. The average Bonchev–Trinajstić information content (AvgIpc) is 3.47. The van der Waals surface area contributed by atoms with E-state index in [1.165, 1.54) is 0 Å². The number of anilines is 1. The lowest BCUT2D eigenvalue weighted by Gasteiger charge is -2.23. The maximum atomic E-state index is 9.71.